The van der Waals surface area contributed by atoms with E-state index in [0.717, 1.165) is 16.5 Å². The summed E-state index contributed by atoms with van der Waals surface area (Å²) in [5, 5.41) is 0.827. The number of aryl methyl sites for hydroxylation is 1. The Kier molecular flexibility index (Phi) is 5.29. The molecule has 8 heteroatoms. The summed E-state index contributed by atoms with van der Waals surface area (Å²) < 4.78 is 9.79. The third-order valence-corrected chi connectivity index (χ3v) is 6.56. The zero-order chi connectivity index (χ0) is 21.6. The van der Waals surface area contributed by atoms with Crippen LogP contribution >= 0.6 is 23.6 Å². The lowest BCUT2D eigenvalue weighted by Crippen LogP contribution is -2.21. The van der Waals surface area contributed by atoms with Gasteiger partial charge in [0.1, 0.15) is 16.6 Å². The Morgan fingerprint density at radius 3 is 2.77 bits per heavy atom. The summed E-state index contributed by atoms with van der Waals surface area (Å²) in [6, 6.07) is 5.39. The Hall–Kier alpha value is -2.84. The Balaban J connectivity index is 1.89. The number of aromatic nitrogens is 3. The van der Waals surface area contributed by atoms with Crippen LogP contribution in [0.4, 0.5) is 0 Å². The van der Waals surface area contributed by atoms with Gasteiger partial charge in [0.2, 0.25) is 0 Å². The summed E-state index contributed by atoms with van der Waals surface area (Å²) in [7, 11) is 0. The molecule has 0 spiro atoms. The smallest absolute Gasteiger partial charge is 0.336 e. The third-order valence-electron chi connectivity index (χ3n) is 5.13. The highest BCUT2D eigenvalue weighted by atomic mass is 32.1. The van der Waals surface area contributed by atoms with Crippen LogP contribution in [0, 0.1) is 10.9 Å². The first-order chi connectivity index (χ1) is 14.3. The summed E-state index contributed by atoms with van der Waals surface area (Å²) in [5.74, 6) is 0.326. The highest BCUT2D eigenvalue weighted by Crippen LogP contribution is 2.27. The molecular weight excluding hydrogens is 418 g/mol. The number of nitrogens with zero attached hydrogens (tertiary/aromatic N) is 3. The van der Waals surface area contributed by atoms with E-state index in [-0.39, 0.29) is 12.1 Å². The fourth-order valence-corrected chi connectivity index (χ4v) is 5.02. The molecule has 3 aromatic heterocycles. The molecule has 154 valence electrons. The second-order valence-corrected chi connectivity index (χ2v) is 9.19. The first-order valence-electron chi connectivity index (χ1n) is 9.57. The molecule has 0 saturated heterocycles. The number of hydrogen-bond donors (Lipinski definition) is 0. The highest BCUT2D eigenvalue weighted by molar-refractivity contribution is 7.73. The Morgan fingerprint density at radius 1 is 1.30 bits per heavy atom. The van der Waals surface area contributed by atoms with E-state index in [1.807, 2.05) is 13.0 Å². The van der Waals surface area contributed by atoms with Gasteiger partial charge in [-0.2, -0.15) is 0 Å². The summed E-state index contributed by atoms with van der Waals surface area (Å²) in [6.07, 6.45) is 3.22. The first kappa shape index (κ1) is 20.4. The molecule has 0 amide bonds. The molecule has 4 aromatic rings. The molecule has 3 heterocycles. The minimum Gasteiger partial charge on any atom is -0.423 e. The molecule has 0 bridgehead atoms. The molecule has 0 fully saturated rings. The molecular formula is C22H21N3O3S2. The van der Waals surface area contributed by atoms with Gasteiger partial charge in [-0.3, -0.25) is 9.36 Å². The predicted octanol–water partition coefficient (Wildman–Crippen LogP) is 4.76. The monoisotopic (exact) mass is 439 g/mol. The Labute approximate surface area is 181 Å². The van der Waals surface area contributed by atoms with Crippen LogP contribution in [0.5, 0.6) is 0 Å². The highest BCUT2D eigenvalue weighted by Gasteiger charge is 2.15. The van der Waals surface area contributed by atoms with Gasteiger partial charge in [-0.1, -0.05) is 31.3 Å². The van der Waals surface area contributed by atoms with Crippen molar-refractivity contribution in [3.8, 4) is 0 Å². The van der Waals surface area contributed by atoms with Crippen LogP contribution in [0.25, 0.3) is 21.3 Å². The van der Waals surface area contributed by atoms with Gasteiger partial charge in [-0.25, -0.2) is 9.78 Å². The Morgan fingerprint density at radius 2 is 2.07 bits per heavy atom. The average molecular weight is 440 g/mol. The van der Waals surface area contributed by atoms with Gasteiger partial charge in [0.15, 0.2) is 9.60 Å². The molecule has 0 saturated carbocycles. The molecule has 1 aromatic carbocycles. The summed E-state index contributed by atoms with van der Waals surface area (Å²) >= 11 is 6.61. The van der Waals surface area contributed by atoms with Crippen molar-refractivity contribution in [2.75, 3.05) is 0 Å². The second-order valence-electron chi connectivity index (χ2n) is 7.55. The van der Waals surface area contributed by atoms with Gasteiger partial charge in [-0.05, 0) is 53.9 Å². The standard InChI is InChI=1S/C22H21N3O3S2/c1-5-6-25-20-19(30-22(25)29)21(27)24(11-23-20)10-14-8-18(26)28-17-7-13(4)15(12(2)3)9-16(14)17/h5,7-9,11-12H,1,6,10H2,2-4H3. The van der Waals surface area contributed by atoms with E-state index in [1.54, 1.807) is 10.6 Å². The van der Waals surface area contributed by atoms with Crippen molar-refractivity contribution in [3.05, 3.63) is 78.6 Å². The zero-order valence-electron chi connectivity index (χ0n) is 17.0. The topological polar surface area (TPSA) is 70.0 Å². The van der Waals surface area contributed by atoms with Gasteiger partial charge in [0.05, 0.1) is 6.54 Å². The summed E-state index contributed by atoms with van der Waals surface area (Å²) in [6.45, 7) is 10.7. The van der Waals surface area contributed by atoms with Crippen molar-refractivity contribution in [3.63, 3.8) is 0 Å². The lowest BCUT2D eigenvalue weighted by Gasteiger charge is -2.13. The maximum absolute atomic E-state index is 13.1. The molecule has 0 atom stereocenters. The van der Waals surface area contributed by atoms with Crippen molar-refractivity contribution >= 4 is 44.9 Å². The number of thiazole rings is 1. The van der Waals surface area contributed by atoms with E-state index in [9.17, 15) is 9.59 Å². The van der Waals surface area contributed by atoms with Crippen molar-refractivity contribution in [1.82, 2.24) is 14.1 Å². The fourth-order valence-electron chi connectivity index (χ4n) is 3.70. The number of allylic oxidation sites excluding steroid dienone is 1. The van der Waals surface area contributed by atoms with Crippen LogP contribution in [0.2, 0.25) is 0 Å². The average Bonchev–Trinajstić information content (AvgIpc) is 3.00. The normalized spacial score (nSPS) is 11.6. The second kappa shape index (κ2) is 7.77. The van der Waals surface area contributed by atoms with Crippen LogP contribution in [-0.2, 0) is 13.1 Å². The van der Waals surface area contributed by atoms with E-state index in [2.05, 4.69) is 31.5 Å². The van der Waals surface area contributed by atoms with Crippen molar-refractivity contribution in [1.29, 1.82) is 0 Å². The number of fused-ring (bicyclic) bond motifs is 2. The van der Waals surface area contributed by atoms with E-state index in [0.29, 0.717) is 32.3 Å². The third kappa shape index (κ3) is 3.46. The van der Waals surface area contributed by atoms with E-state index in [4.69, 9.17) is 16.6 Å². The molecule has 0 aliphatic heterocycles. The van der Waals surface area contributed by atoms with Crippen LogP contribution in [-0.4, -0.2) is 14.1 Å². The molecule has 0 aliphatic rings. The minimum atomic E-state index is -0.441. The van der Waals surface area contributed by atoms with Gasteiger partial charge < -0.3 is 8.98 Å². The van der Waals surface area contributed by atoms with Crippen LogP contribution in [0.3, 0.4) is 0 Å². The van der Waals surface area contributed by atoms with Gasteiger partial charge >= 0.3 is 5.63 Å². The van der Waals surface area contributed by atoms with Gasteiger partial charge in [0.25, 0.3) is 5.56 Å². The first-order valence-corrected chi connectivity index (χ1v) is 10.8. The molecule has 30 heavy (non-hydrogen) atoms. The quantitative estimate of drug-likeness (QED) is 0.255. The zero-order valence-corrected chi connectivity index (χ0v) is 18.6. The van der Waals surface area contributed by atoms with Crippen LogP contribution < -0.4 is 11.2 Å². The predicted molar refractivity (Wildman–Crippen MR) is 123 cm³/mol. The molecule has 0 N–H and O–H groups in total. The molecule has 0 aliphatic carbocycles. The maximum atomic E-state index is 13.1. The van der Waals surface area contributed by atoms with Crippen molar-refractivity contribution in [2.45, 2.75) is 39.8 Å². The SMILES string of the molecule is C=CCn1c(=S)sc2c(=O)n(Cc3cc(=O)oc4cc(C)c(C(C)C)cc34)cnc21. The van der Waals surface area contributed by atoms with Crippen molar-refractivity contribution < 1.29 is 4.42 Å². The molecule has 0 unspecified atom stereocenters. The number of hydrogen-bond acceptors (Lipinski definition) is 6. The van der Waals surface area contributed by atoms with Crippen molar-refractivity contribution in [2.24, 2.45) is 0 Å². The van der Waals surface area contributed by atoms with Crippen LogP contribution in [0.1, 0.15) is 36.5 Å². The number of benzene rings is 1. The van der Waals surface area contributed by atoms with Gasteiger partial charge in [0, 0.05) is 18.0 Å². The van der Waals surface area contributed by atoms with E-state index < -0.39 is 5.63 Å². The minimum absolute atomic E-state index is 0.184. The largest absolute Gasteiger partial charge is 0.423 e. The summed E-state index contributed by atoms with van der Waals surface area (Å²) in [4.78, 5) is 29.7. The van der Waals surface area contributed by atoms with E-state index in [1.165, 1.54) is 33.9 Å². The van der Waals surface area contributed by atoms with Gasteiger partial charge in [-0.15, -0.1) is 6.58 Å². The fraction of sp³-hybridized carbons (Fsp3) is 0.273. The van der Waals surface area contributed by atoms with E-state index >= 15 is 0 Å². The maximum Gasteiger partial charge on any atom is 0.336 e. The van der Waals surface area contributed by atoms with Crippen LogP contribution in [0.15, 0.2) is 51.2 Å². The lowest BCUT2D eigenvalue weighted by atomic mass is 9.95. The summed E-state index contributed by atoms with van der Waals surface area (Å²) in [5.41, 5.74) is 3.43. The molecule has 6 nitrogen and oxygen atoms in total. The molecule has 4 rings (SSSR count). The Bertz CT molecular complexity index is 1470. The number of rotatable bonds is 5. The lowest BCUT2D eigenvalue weighted by molar-refractivity contribution is 0.556. The molecule has 0 radical (unpaired) electrons.